The highest BCUT2D eigenvalue weighted by molar-refractivity contribution is 9.09. The molecule has 96 valence electrons. The van der Waals surface area contributed by atoms with Gasteiger partial charge >= 0.3 is 0 Å². The van der Waals surface area contributed by atoms with Gasteiger partial charge in [0.05, 0.1) is 4.83 Å². The number of thiophene rings is 1. The zero-order valence-corrected chi connectivity index (χ0v) is 13.9. The monoisotopic (exact) mass is 342 g/mol. The number of hydrogen-bond acceptors (Lipinski definition) is 1. The van der Waals surface area contributed by atoms with Crippen LogP contribution >= 0.6 is 38.9 Å². The first kappa shape index (κ1) is 14.1. The third-order valence-corrected chi connectivity index (χ3v) is 6.00. The molecule has 0 fully saturated rings. The Labute approximate surface area is 126 Å². The summed E-state index contributed by atoms with van der Waals surface area (Å²) in [6, 6.07) is 12.4. The van der Waals surface area contributed by atoms with Crippen molar-refractivity contribution in [3.63, 3.8) is 0 Å². The van der Waals surface area contributed by atoms with Gasteiger partial charge < -0.3 is 0 Å². The molecular weight excluding hydrogens is 328 g/mol. The maximum absolute atomic E-state index is 6.24. The van der Waals surface area contributed by atoms with Gasteiger partial charge in [-0.3, -0.25) is 0 Å². The van der Waals surface area contributed by atoms with Crippen LogP contribution in [0.3, 0.4) is 0 Å². The fourth-order valence-corrected chi connectivity index (χ4v) is 4.00. The van der Waals surface area contributed by atoms with Gasteiger partial charge in [0, 0.05) is 14.8 Å². The van der Waals surface area contributed by atoms with Gasteiger partial charge in [-0.25, -0.2) is 0 Å². The number of alkyl halides is 1. The van der Waals surface area contributed by atoms with Crippen molar-refractivity contribution in [2.75, 3.05) is 0 Å². The van der Waals surface area contributed by atoms with Crippen LogP contribution in [0.25, 0.3) is 0 Å². The number of halogens is 2. The van der Waals surface area contributed by atoms with Crippen molar-refractivity contribution in [2.24, 2.45) is 0 Å². The SMILES string of the molecule is CC(C)(C)c1ccc(C(Br)c2ccccc2Cl)s1. The highest BCUT2D eigenvalue weighted by Gasteiger charge is 2.20. The van der Waals surface area contributed by atoms with Gasteiger partial charge in [-0.05, 0) is 29.2 Å². The fourth-order valence-electron chi connectivity index (χ4n) is 1.73. The molecule has 3 heteroatoms. The van der Waals surface area contributed by atoms with Crippen molar-refractivity contribution in [1.29, 1.82) is 0 Å². The van der Waals surface area contributed by atoms with Crippen molar-refractivity contribution in [2.45, 2.75) is 31.0 Å². The van der Waals surface area contributed by atoms with E-state index >= 15 is 0 Å². The van der Waals surface area contributed by atoms with Crippen LogP contribution in [0.2, 0.25) is 5.02 Å². The minimum absolute atomic E-state index is 0.173. The Morgan fingerprint density at radius 1 is 1.11 bits per heavy atom. The average molecular weight is 344 g/mol. The van der Waals surface area contributed by atoms with Gasteiger partial charge in [0.2, 0.25) is 0 Å². The molecule has 0 radical (unpaired) electrons. The average Bonchev–Trinajstić information content (AvgIpc) is 2.77. The first-order valence-electron chi connectivity index (χ1n) is 5.88. The first-order valence-corrected chi connectivity index (χ1v) is 7.99. The molecule has 0 aliphatic heterocycles. The van der Waals surface area contributed by atoms with Crippen LogP contribution in [0.5, 0.6) is 0 Å². The van der Waals surface area contributed by atoms with Gasteiger partial charge in [-0.15, -0.1) is 11.3 Å². The smallest absolute Gasteiger partial charge is 0.0752 e. The summed E-state index contributed by atoms with van der Waals surface area (Å²) in [6.45, 7) is 6.71. The van der Waals surface area contributed by atoms with E-state index in [1.807, 2.05) is 29.5 Å². The molecule has 1 aromatic heterocycles. The largest absolute Gasteiger partial charge is 0.143 e. The third kappa shape index (κ3) is 2.98. The van der Waals surface area contributed by atoms with Crippen LogP contribution in [0.1, 0.15) is 40.9 Å². The second-order valence-corrected chi connectivity index (χ2v) is 7.77. The lowest BCUT2D eigenvalue weighted by atomic mass is 9.95. The fraction of sp³-hybridized carbons (Fsp3) is 0.333. The zero-order valence-electron chi connectivity index (χ0n) is 10.7. The second kappa shape index (κ2) is 5.36. The Bertz CT molecular complexity index is 539. The molecule has 1 heterocycles. The van der Waals surface area contributed by atoms with Crippen molar-refractivity contribution >= 4 is 38.9 Å². The van der Waals surface area contributed by atoms with E-state index in [0.717, 1.165) is 10.6 Å². The molecule has 0 saturated carbocycles. The van der Waals surface area contributed by atoms with Crippen LogP contribution in [-0.4, -0.2) is 0 Å². The highest BCUT2D eigenvalue weighted by atomic mass is 79.9. The van der Waals surface area contributed by atoms with Crippen molar-refractivity contribution in [3.8, 4) is 0 Å². The Morgan fingerprint density at radius 3 is 2.33 bits per heavy atom. The van der Waals surface area contributed by atoms with Gasteiger partial charge in [0.15, 0.2) is 0 Å². The Morgan fingerprint density at radius 2 is 1.78 bits per heavy atom. The molecular formula is C15H16BrClS. The summed E-state index contributed by atoms with van der Waals surface area (Å²) < 4.78 is 0. The number of rotatable bonds is 2. The first-order chi connectivity index (χ1) is 8.39. The van der Waals surface area contributed by atoms with Crippen LogP contribution in [-0.2, 0) is 5.41 Å². The minimum atomic E-state index is 0.173. The van der Waals surface area contributed by atoms with Gasteiger partial charge in [0.1, 0.15) is 0 Å². The lowest BCUT2D eigenvalue weighted by Crippen LogP contribution is -2.07. The van der Waals surface area contributed by atoms with E-state index in [-0.39, 0.29) is 10.2 Å². The highest BCUT2D eigenvalue weighted by Crippen LogP contribution is 2.40. The molecule has 0 aliphatic carbocycles. The Balaban J connectivity index is 2.33. The van der Waals surface area contributed by atoms with Crippen LogP contribution in [0.15, 0.2) is 36.4 Å². The molecule has 2 aromatic rings. The number of hydrogen-bond donors (Lipinski definition) is 0. The Kier molecular flexibility index (Phi) is 4.20. The van der Waals surface area contributed by atoms with E-state index in [1.54, 1.807) is 0 Å². The van der Waals surface area contributed by atoms with Crippen molar-refractivity contribution in [3.05, 3.63) is 56.7 Å². The molecule has 0 saturated heterocycles. The minimum Gasteiger partial charge on any atom is -0.143 e. The van der Waals surface area contributed by atoms with E-state index in [2.05, 4.69) is 54.9 Å². The predicted molar refractivity (Wildman–Crippen MR) is 85.2 cm³/mol. The van der Waals surface area contributed by atoms with E-state index in [9.17, 15) is 0 Å². The van der Waals surface area contributed by atoms with E-state index < -0.39 is 0 Å². The molecule has 0 spiro atoms. The molecule has 1 unspecified atom stereocenters. The van der Waals surface area contributed by atoms with Gasteiger partial charge in [-0.1, -0.05) is 66.5 Å². The molecule has 0 bridgehead atoms. The summed E-state index contributed by atoms with van der Waals surface area (Å²) in [5.41, 5.74) is 1.33. The summed E-state index contributed by atoms with van der Waals surface area (Å²) >= 11 is 11.8. The molecule has 18 heavy (non-hydrogen) atoms. The molecule has 0 N–H and O–H groups in total. The topological polar surface area (TPSA) is 0 Å². The predicted octanol–water partition coefficient (Wildman–Crippen LogP) is 6.18. The lowest BCUT2D eigenvalue weighted by Gasteiger charge is -2.16. The van der Waals surface area contributed by atoms with Crippen molar-refractivity contribution < 1.29 is 0 Å². The quantitative estimate of drug-likeness (QED) is 0.571. The molecule has 0 amide bonds. The summed E-state index contributed by atoms with van der Waals surface area (Å²) in [5, 5.41) is 0.810. The van der Waals surface area contributed by atoms with Gasteiger partial charge in [0.25, 0.3) is 0 Å². The zero-order chi connectivity index (χ0) is 13.3. The summed E-state index contributed by atoms with van der Waals surface area (Å²) in [6.07, 6.45) is 0. The van der Waals surface area contributed by atoms with E-state index in [0.29, 0.717) is 0 Å². The molecule has 0 aliphatic rings. The standard InChI is InChI=1S/C15H16BrClS/c1-15(2,3)13-9-8-12(18-13)14(16)10-6-4-5-7-11(10)17/h4-9,14H,1-3H3. The Hall–Kier alpha value is -0.310. The second-order valence-electron chi connectivity index (χ2n) is 5.34. The summed E-state index contributed by atoms with van der Waals surface area (Å²) in [5.74, 6) is 0. The van der Waals surface area contributed by atoms with E-state index in [4.69, 9.17) is 11.6 Å². The molecule has 1 aromatic carbocycles. The molecule has 1 atom stereocenters. The third-order valence-electron chi connectivity index (χ3n) is 2.79. The van der Waals surface area contributed by atoms with Crippen LogP contribution in [0, 0.1) is 0 Å². The maximum atomic E-state index is 6.24. The van der Waals surface area contributed by atoms with Gasteiger partial charge in [-0.2, -0.15) is 0 Å². The lowest BCUT2D eigenvalue weighted by molar-refractivity contribution is 0.604. The van der Waals surface area contributed by atoms with E-state index in [1.165, 1.54) is 9.75 Å². The van der Waals surface area contributed by atoms with Crippen LogP contribution < -0.4 is 0 Å². The maximum Gasteiger partial charge on any atom is 0.0752 e. The normalized spacial score (nSPS) is 13.6. The summed E-state index contributed by atoms with van der Waals surface area (Å²) in [7, 11) is 0. The van der Waals surface area contributed by atoms with Crippen LogP contribution in [0.4, 0.5) is 0 Å². The molecule has 2 rings (SSSR count). The number of benzene rings is 1. The van der Waals surface area contributed by atoms with Crippen molar-refractivity contribution in [1.82, 2.24) is 0 Å². The summed E-state index contributed by atoms with van der Waals surface area (Å²) in [4.78, 5) is 2.87. The molecule has 0 nitrogen and oxygen atoms in total.